The third-order valence-electron chi connectivity index (χ3n) is 5.61. The fourth-order valence-corrected chi connectivity index (χ4v) is 4.83. The number of hydrogen-bond acceptors (Lipinski definition) is 6. The molecule has 1 aliphatic heterocycles. The minimum absolute atomic E-state index is 0.166. The van der Waals surface area contributed by atoms with Gasteiger partial charge in [0.1, 0.15) is 5.75 Å². The minimum Gasteiger partial charge on any atom is -0.497 e. The van der Waals surface area contributed by atoms with Gasteiger partial charge in [-0.1, -0.05) is 24.8 Å². The Bertz CT molecular complexity index is 1020. The molecular weight excluding hydrogens is 410 g/mol. The van der Waals surface area contributed by atoms with E-state index in [1.807, 2.05) is 45.9 Å². The fraction of sp³-hybridized carbons (Fsp3) is 0.391. The summed E-state index contributed by atoms with van der Waals surface area (Å²) in [5.74, 6) is 1.93. The molecule has 0 saturated carbocycles. The third kappa shape index (κ3) is 4.74. The molecule has 0 unspecified atom stereocenters. The summed E-state index contributed by atoms with van der Waals surface area (Å²) in [5.41, 5.74) is 1.74. The van der Waals surface area contributed by atoms with Crippen molar-refractivity contribution in [3.63, 3.8) is 0 Å². The summed E-state index contributed by atoms with van der Waals surface area (Å²) in [6.07, 6.45) is 7.87. The number of carbonyl (C=O) groups is 1. The number of ether oxygens (including phenoxy) is 1. The van der Waals surface area contributed by atoms with E-state index in [1.165, 1.54) is 18.2 Å². The second-order valence-corrected chi connectivity index (χ2v) is 8.46. The van der Waals surface area contributed by atoms with E-state index in [1.54, 1.807) is 19.5 Å². The first-order chi connectivity index (χ1) is 15.2. The van der Waals surface area contributed by atoms with Crippen molar-refractivity contribution in [3.05, 3.63) is 48.8 Å². The van der Waals surface area contributed by atoms with Gasteiger partial charge in [-0.2, -0.15) is 0 Å². The molecule has 0 bridgehead atoms. The Morgan fingerprint density at radius 1 is 1.23 bits per heavy atom. The summed E-state index contributed by atoms with van der Waals surface area (Å²) in [4.78, 5) is 19.2. The molecule has 1 fully saturated rings. The minimum atomic E-state index is 0.166. The number of nitrogens with zero attached hydrogens (tertiary/aromatic N) is 5. The van der Waals surface area contributed by atoms with Gasteiger partial charge in [-0.15, -0.1) is 10.2 Å². The number of likely N-dealkylation sites (tertiary alicyclic amines) is 1. The van der Waals surface area contributed by atoms with Gasteiger partial charge in [0.15, 0.2) is 11.0 Å². The maximum Gasteiger partial charge on any atom is 0.233 e. The van der Waals surface area contributed by atoms with Crippen LogP contribution in [0.5, 0.6) is 5.75 Å². The Morgan fingerprint density at radius 3 is 2.90 bits per heavy atom. The summed E-state index contributed by atoms with van der Waals surface area (Å²) in [7, 11) is 1.64. The molecule has 8 heteroatoms. The Balaban J connectivity index is 1.63. The molecular formula is C23H27N5O2S. The van der Waals surface area contributed by atoms with Crippen molar-refractivity contribution in [2.75, 3.05) is 19.4 Å². The van der Waals surface area contributed by atoms with Crippen LogP contribution in [0.25, 0.3) is 17.1 Å². The monoisotopic (exact) mass is 437 g/mol. The first-order valence-electron chi connectivity index (χ1n) is 10.6. The van der Waals surface area contributed by atoms with E-state index in [0.29, 0.717) is 22.8 Å². The Morgan fingerprint density at radius 2 is 2.13 bits per heavy atom. The number of piperidine rings is 1. The van der Waals surface area contributed by atoms with Gasteiger partial charge < -0.3 is 9.64 Å². The number of thioether (sulfide) groups is 1. The molecule has 1 atom stereocenters. The van der Waals surface area contributed by atoms with Crippen molar-refractivity contribution >= 4 is 17.7 Å². The molecule has 0 radical (unpaired) electrons. The van der Waals surface area contributed by atoms with Crippen LogP contribution in [0.1, 0.15) is 32.6 Å². The van der Waals surface area contributed by atoms with E-state index in [-0.39, 0.29) is 5.91 Å². The number of aromatic nitrogens is 4. The van der Waals surface area contributed by atoms with Gasteiger partial charge in [0, 0.05) is 36.6 Å². The van der Waals surface area contributed by atoms with Crippen LogP contribution >= 0.6 is 11.8 Å². The molecule has 1 amide bonds. The Labute approximate surface area is 186 Å². The molecule has 1 aliphatic rings. The van der Waals surface area contributed by atoms with Gasteiger partial charge in [-0.25, -0.2) is 0 Å². The van der Waals surface area contributed by atoms with Crippen LogP contribution in [0, 0.1) is 0 Å². The number of methoxy groups -OCH3 is 1. The smallest absolute Gasteiger partial charge is 0.233 e. The normalized spacial score (nSPS) is 16.3. The van der Waals surface area contributed by atoms with Gasteiger partial charge in [0.25, 0.3) is 0 Å². The van der Waals surface area contributed by atoms with Gasteiger partial charge in [-0.3, -0.25) is 14.3 Å². The quantitative estimate of drug-likeness (QED) is 0.515. The van der Waals surface area contributed by atoms with Crippen molar-refractivity contribution in [3.8, 4) is 22.8 Å². The molecule has 1 saturated heterocycles. The second-order valence-electron chi connectivity index (χ2n) is 7.52. The molecule has 31 heavy (non-hydrogen) atoms. The van der Waals surface area contributed by atoms with E-state index in [0.717, 1.165) is 42.8 Å². The van der Waals surface area contributed by atoms with Crippen molar-refractivity contribution in [2.24, 2.45) is 0 Å². The highest BCUT2D eigenvalue weighted by molar-refractivity contribution is 7.99. The van der Waals surface area contributed by atoms with Crippen molar-refractivity contribution in [1.82, 2.24) is 24.6 Å². The first kappa shape index (κ1) is 21.4. The lowest BCUT2D eigenvalue weighted by Crippen LogP contribution is -2.44. The number of benzene rings is 1. The fourth-order valence-electron chi connectivity index (χ4n) is 3.99. The summed E-state index contributed by atoms with van der Waals surface area (Å²) < 4.78 is 7.37. The molecule has 7 nitrogen and oxygen atoms in total. The highest BCUT2D eigenvalue weighted by atomic mass is 32.2. The summed E-state index contributed by atoms with van der Waals surface area (Å²) in [6, 6.07) is 11.9. The molecule has 0 N–H and O–H groups in total. The van der Waals surface area contributed by atoms with Gasteiger partial charge in [0.05, 0.1) is 18.6 Å². The predicted molar refractivity (Wildman–Crippen MR) is 122 cm³/mol. The van der Waals surface area contributed by atoms with Crippen LogP contribution in [0.2, 0.25) is 0 Å². The maximum absolute atomic E-state index is 13.0. The third-order valence-corrected chi connectivity index (χ3v) is 6.52. The second kappa shape index (κ2) is 9.96. The molecule has 4 rings (SSSR count). The lowest BCUT2D eigenvalue weighted by molar-refractivity contribution is -0.132. The molecule has 3 heterocycles. The summed E-state index contributed by atoms with van der Waals surface area (Å²) in [6.45, 7) is 3.00. The highest BCUT2D eigenvalue weighted by Gasteiger charge is 2.26. The van der Waals surface area contributed by atoms with Crippen LogP contribution in [0.4, 0.5) is 0 Å². The van der Waals surface area contributed by atoms with Crippen LogP contribution in [-0.2, 0) is 4.79 Å². The number of carbonyl (C=O) groups excluding carboxylic acids is 1. The molecule has 2 aromatic heterocycles. The standard InChI is InChI=1S/C23H27N5O2S/c1-3-18-9-4-5-13-27(18)21(29)16-31-23-26-25-22(17-8-7-12-24-15-17)28(23)19-10-6-11-20(14-19)30-2/h6-8,10-12,14-15,18H,3-5,9,13,16H2,1-2H3/t18-/m1/s1. The van der Waals surface area contributed by atoms with Gasteiger partial charge in [0.2, 0.25) is 5.91 Å². The molecule has 3 aromatic rings. The zero-order valence-electron chi connectivity index (χ0n) is 17.9. The number of hydrogen-bond donors (Lipinski definition) is 0. The molecule has 1 aromatic carbocycles. The SMILES string of the molecule is CC[C@@H]1CCCCN1C(=O)CSc1nnc(-c2cccnc2)n1-c1cccc(OC)c1. The lowest BCUT2D eigenvalue weighted by Gasteiger charge is -2.35. The van der Waals surface area contributed by atoms with Crippen molar-refractivity contribution < 1.29 is 9.53 Å². The van der Waals surface area contributed by atoms with Crippen molar-refractivity contribution in [1.29, 1.82) is 0 Å². The predicted octanol–water partition coefficient (Wildman–Crippen LogP) is 4.22. The first-order valence-corrected chi connectivity index (χ1v) is 11.6. The Hall–Kier alpha value is -2.87. The zero-order valence-corrected chi connectivity index (χ0v) is 18.7. The van der Waals surface area contributed by atoms with Crippen LogP contribution in [0.15, 0.2) is 53.9 Å². The average molecular weight is 438 g/mol. The van der Waals surface area contributed by atoms with E-state index in [9.17, 15) is 4.79 Å². The summed E-state index contributed by atoms with van der Waals surface area (Å²) in [5, 5.41) is 9.52. The number of pyridine rings is 1. The largest absolute Gasteiger partial charge is 0.497 e. The zero-order chi connectivity index (χ0) is 21.6. The van der Waals surface area contributed by atoms with Gasteiger partial charge >= 0.3 is 0 Å². The van der Waals surface area contributed by atoms with Crippen LogP contribution in [0.3, 0.4) is 0 Å². The average Bonchev–Trinajstić information content (AvgIpc) is 3.27. The number of rotatable bonds is 7. The van der Waals surface area contributed by atoms with E-state index in [2.05, 4.69) is 22.1 Å². The van der Waals surface area contributed by atoms with E-state index in [4.69, 9.17) is 4.74 Å². The van der Waals surface area contributed by atoms with E-state index < -0.39 is 0 Å². The maximum atomic E-state index is 13.0. The van der Waals surface area contributed by atoms with Gasteiger partial charge in [-0.05, 0) is 49.9 Å². The highest BCUT2D eigenvalue weighted by Crippen LogP contribution is 2.30. The summed E-state index contributed by atoms with van der Waals surface area (Å²) >= 11 is 1.42. The van der Waals surface area contributed by atoms with Crippen molar-refractivity contribution in [2.45, 2.75) is 43.8 Å². The molecule has 162 valence electrons. The van der Waals surface area contributed by atoms with Crippen LogP contribution in [-0.4, -0.2) is 56.0 Å². The number of amides is 1. The Kier molecular flexibility index (Phi) is 6.86. The topological polar surface area (TPSA) is 73.1 Å². The molecule has 0 aliphatic carbocycles. The lowest BCUT2D eigenvalue weighted by atomic mass is 10.0. The van der Waals surface area contributed by atoms with Crippen LogP contribution < -0.4 is 4.74 Å². The molecule has 0 spiro atoms. The van der Waals surface area contributed by atoms with E-state index >= 15 is 0 Å².